The molecule has 9 unspecified atom stereocenters. The molecule has 0 aromatic heterocycles. The molecule has 2 aromatic carbocycles. The molecule has 0 radical (unpaired) electrons. The number of allylic oxidation sites excluding steroid dienone is 2. The maximum atomic E-state index is 14.1. The number of carbonyl (C=O) groups excluding carboxylic acids is 2. The molecule has 12 rings (SSSR count). The van der Waals surface area contributed by atoms with Crippen molar-refractivity contribution >= 4 is 23.7 Å². The zero-order chi connectivity index (χ0) is 21.1. The molecule has 0 aliphatic carbocycles. The van der Waals surface area contributed by atoms with Crippen molar-refractivity contribution in [3.05, 3.63) is 83.9 Å². The summed E-state index contributed by atoms with van der Waals surface area (Å²) in [6.07, 6.45) is 7.97. The Morgan fingerprint density at radius 3 is 1.69 bits per heavy atom. The molecule has 2 aromatic rings. The quantitative estimate of drug-likeness (QED) is 0.341. The van der Waals surface area contributed by atoms with E-state index >= 15 is 0 Å². The first-order valence-corrected chi connectivity index (χ1v) is 18.2. The van der Waals surface area contributed by atoms with Gasteiger partial charge in [0.2, 0.25) is 0 Å². The van der Waals surface area contributed by atoms with Crippen LogP contribution in [0.3, 0.4) is 0 Å². The van der Waals surface area contributed by atoms with Crippen molar-refractivity contribution in [1.29, 1.82) is 0 Å². The van der Waals surface area contributed by atoms with Crippen molar-refractivity contribution in [3.63, 3.8) is 0 Å². The molecule has 2 nitrogen and oxygen atoms in total. The fourth-order valence-corrected chi connectivity index (χ4v) is 99.6. The summed E-state index contributed by atoms with van der Waals surface area (Å²) in [6.45, 7) is -1.72. The van der Waals surface area contributed by atoms with E-state index in [1.807, 2.05) is 60.7 Å². The summed E-state index contributed by atoms with van der Waals surface area (Å²) < 4.78 is 0.304. The Morgan fingerprint density at radius 2 is 1.25 bits per heavy atom. The average Bonchev–Trinajstić information content (AvgIpc) is 3.78. The van der Waals surface area contributed by atoms with Crippen LogP contribution in [-0.4, -0.2) is 11.6 Å². The Labute approximate surface area is 177 Å². The summed E-state index contributed by atoms with van der Waals surface area (Å²) in [5, 5.41) is 0. The molecule has 10 heterocycles. The van der Waals surface area contributed by atoms with E-state index in [2.05, 4.69) is 31.2 Å². The number of rotatable bonds is 6. The zero-order valence-electron chi connectivity index (χ0n) is 17.8. The van der Waals surface area contributed by atoms with Crippen molar-refractivity contribution in [2.24, 2.45) is 0 Å². The first-order chi connectivity index (χ1) is 15.3. The van der Waals surface area contributed by atoms with Gasteiger partial charge in [-0.25, -0.2) is 0 Å². The van der Waals surface area contributed by atoms with Crippen LogP contribution in [0.5, 0.6) is 0 Å². The fraction of sp³-hybridized carbons (Fsp3) is 0.379. The molecule has 3 heteroatoms. The van der Waals surface area contributed by atoms with Gasteiger partial charge >= 0.3 is 177 Å². The molecule has 10 saturated heterocycles. The number of benzene rings is 2. The van der Waals surface area contributed by atoms with Crippen molar-refractivity contribution in [2.75, 3.05) is 0 Å². The Balaban J connectivity index is 1.07. The van der Waals surface area contributed by atoms with E-state index in [0.29, 0.717) is 15.9 Å². The first-order valence-electron chi connectivity index (χ1n) is 12.1. The normalized spacial score (nSPS) is 73.6. The molecular formula is C29H24FeO2. The van der Waals surface area contributed by atoms with E-state index in [1.165, 1.54) is 0 Å². The maximum absolute atomic E-state index is 14.1. The molecule has 10 aliphatic rings. The second-order valence-electron chi connectivity index (χ2n) is 14.4. The molecule has 0 saturated carbocycles. The predicted octanol–water partition coefficient (Wildman–Crippen LogP) is 7.07. The second-order valence-corrected chi connectivity index (χ2v) is 37.6. The Bertz CT molecular complexity index is 1900. The topological polar surface area (TPSA) is 34.1 Å². The van der Waals surface area contributed by atoms with Crippen LogP contribution >= 0.6 is 0 Å². The van der Waals surface area contributed by atoms with E-state index in [0.717, 1.165) is 44.8 Å². The van der Waals surface area contributed by atoms with Gasteiger partial charge in [0, 0.05) is 0 Å². The Kier molecular flexibility index (Phi) is 0.886. The molecule has 10 aliphatic heterocycles. The molecule has 0 bridgehead atoms. The average molecular weight is 460 g/mol. The summed E-state index contributed by atoms with van der Waals surface area (Å²) in [6, 6.07) is 20.4. The van der Waals surface area contributed by atoms with Crippen LogP contribution in [0, 0.1) is 0 Å². The monoisotopic (exact) mass is 460 g/mol. The number of hydrogen-bond acceptors (Lipinski definition) is 2. The van der Waals surface area contributed by atoms with Crippen LogP contribution in [0.15, 0.2) is 72.8 Å². The summed E-state index contributed by atoms with van der Waals surface area (Å²) in [7, 11) is 0. The SMILES string of the molecule is C[C]12[CH]3[CH]4[CH]5[C]1(C(=O)C=Cc1ccccc1)[Fe]43521678[CH]2[CH]1[CH]6[C]7(C(=O)C=Cc1ccccc1)[CH]28. The number of hydrogen-bond donors (Lipinski definition) is 0. The van der Waals surface area contributed by atoms with Crippen molar-refractivity contribution in [3.8, 4) is 0 Å². The Hall–Kier alpha value is -2.22. The molecule has 32 heavy (non-hydrogen) atoms. The summed E-state index contributed by atoms with van der Waals surface area (Å²) in [5.41, 5.74) is 2.21. The molecule has 1 spiro atoms. The van der Waals surface area contributed by atoms with Crippen LogP contribution in [0.2, 0.25) is 46.7 Å². The van der Waals surface area contributed by atoms with Gasteiger partial charge in [0.15, 0.2) is 0 Å². The van der Waals surface area contributed by atoms with Gasteiger partial charge in [-0.3, -0.25) is 0 Å². The van der Waals surface area contributed by atoms with E-state index in [9.17, 15) is 9.59 Å². The van der Waals surface area contributed by atoms with Gasteiger partial charge in [-0.05, 0) is 0 Å². The molecule has 0 N–H and O–H groups in total. The molecule has 160 valence electrons. The van der Waals surface area contributed by atoms with E-state index < -0.39 is 6.51 Å². The van der Waals surface area contributed by atoms with E-state index in [4.69, 9.17) is 0 Å². The standard InChI is InChI=1S/C15H13O.C14H11O.Fe/c1-12-6-5-9-14(12)15(16)11-10-13-7-3-2-4-8-13;15-14(13-8-4-5-9-13)11-10-12-6-2-1-3-7-12;/h2-11H,1H3;1-11H;. The van der Waals surface area contributed by atoms with Gasteiger partial charge in [0.05, 0.1) is 0 Å². The third-order valence-corrected chi connectivity index (χ3v) is 63.5. The first kappa shape index (κ1) is 14.8. The van der Waals surface area contributed by atoms with Crippen LogP contribution in [0.4, 0.5) is 0 Å². The summed E-state index contributed by atoms with van der Waals surface area (Å²) >= 11 is 0. The number of ketones is 2. The predicted molar refractivity (Wildman–Crippen MR) is 121 cm³/mol. The van der Waals surface area contributed by atoms with Gasteiger partial charge in [0.1, 0.15) is 0 Å². The fourth-order valence-electron chi connectivity index (χ4n) is 21.1. The van der Waals surface area contributed by atoms with Gasteiger partial charge in [-0.1, -0.05) is 0 Å². The van der Waals surface area contributed by atoms with Gasteiger partial charge in [-0.15, -0.1) is 0 Å². The second kappa shape index (κ2) is 1.91. The van der Waals surface area contributed by atoms with Crippen LogP contribution in [0.1, 0.15) is 18.1 Å². The van der Waals surface area contributed by atoms with Crippen molar-refractivity contribution in [2.45, 2.75) is 53.6 Å². The van der Waals surface area contributed by atoms with Crippen molar-refractivity contribution in [1.82, 2.24) is 0 Å². The van der Waals surface area contributed by atoms with Gasteiger partial charge in [0.25, 0.3) is 0 Å². The van der Waals surface area contributed by atoms with Crippen molar-refractivity contribution < 1.29 is 16.1 Å². The zero-order valence-corrected chi connectivity index (χ0v) is 18.9. The van der Waals surface area contributed by atoms with E-state index in [-0.39, 0.29) is 8.63 Å². The molecule has 0 amide bonds. The van der Waals surface area contributed by atoms with Gasteiger partial charge < -0.3 is 0 Å². The Morgan fingerprint density at radius 1 is 0.719 bits per heavy atom. The van der Waals surface area contributed by atoms with Gasteiger partial charge in [-0.2, -0.15) is 0 Å². The minimum atomic E-state index is -4.26. The van der Waals surface area contributed by atoms with E-state index in [1.54, 1.807) is 0 Å². The van der Waals surface area contributed by atoms with Crippen LogP contribution in [0.25, 0.3) is 12.2 Å². The molecule has 9 atom stereocenters. The molecular weight excluding hydrogens is 436 g/mol. The summed E-state index contributed by atoms with van der Waals surface area (Å²) in [5.74, 6) is 0.901. The number of carbonyl (C=O) groups is 2. The minimum absolute atomic E-state index is 0.0110. The molecule has 10 fully saturated rings. The third kappa shape index (κ3) is 0.262. The number of fused-ring (bicyclic) bond motifs is 10. The van der Waals surface area contributed by atoms with Crippen LogP contribution in [-0.2, 0) is 16.1 Å². The van der Waals surface area contributed by atoms with Crippen LogP contribution < -0.4 is 0 Å². The third-order valence-electron chi connectivity index (χ3n) is 18.9. The summed E-state index contributed by atoms with van der Waals surface area (Å²) in [4.78, 5) is 33.9.